The fraction of sp³-hybridized carbons (Fsp3) is 0.529. The lowest BCUT2D eigenvalue weighted by molar-refractivity contribution is 0.201. The van der Waals surface area contributed by atoms with Crippen LogP contribution >= 0.6 is 34.7 Å². The number of hydrogen-bond acceptors (Lipinski definition) is 6. The summed E-state index contributed by atoms with van der Waals surface area (Å²) in [6.45, 7) is 3.61. The van der Waals surface area contributed by atoms with E-state index in [0.29, 0.717) is 22.7 Å². The van der Waals surface area contributed by atoms with Crippen molar-refractivity contribution < 1.29 is 4.74 Å². The number of hydrogen-bond donors (Lipinski definition) is 1. The first kappa shape index (κ1) is 18.9. The molecule has 2 aromatic rings. The SMILES string of the molecule is COCCc1nsc(NC2CCN(Cc3cc(Cl)cc(Cl)c3)CC2)n1. The van der Waals surface area contributed by atoms with Crippen LogP contribution in [0.5, 0.6) is 0 Å². The highest BCUT2D eigenvalue weighted by molar-refractivity contribution is 7.09. The second-order valence-corrected chi connectivity index (χ2v) is 7.86. The van der Waals surface area contributed by atoms with Crippen LogP contribution in [0.3, 0.4) is 0 Å². The van der Waals surface area contributed by atoms with E-state index in [2.05, 4.69) is 19.6 Å². The highest BCUT2D eigenvalue weighted by atomic mass is 35.5. The van der Waals surface area contributed by atoms with Gasteiger partial charge >= 0.3 is 0 Å². The molecule has 5 nitrogen and oxygen atoms in total. The van der Waals surface area contributed by atoms with Crippen molar-refractivity contribution in [3.8, 4) is 0 Å². The van der Waals surface area contributed by atoms with E-state index in [-0.39, 0.29) is 0 Å². The molecule has 0 amide bonds. The van der Waals surface area contributed by atoms with Crippen LogP contribution in [0.1, 0.15) is 24.2 Å². The van der Waals surface area contributed by atoms with Crippen molar-refractivity contribution in [1.82, 2.24) is 14.3 Å². The Labute approximate surface area is 162 Å². The van der Waals surface area contributed by atoms with E-state index in [0.717, 1.165) is 55.4 Å². The Morgan fingerprint density at radius 3 is 2.64 bits per heavy atom. The summed E-state index contributed by atoms with van der Waals surface area (Å²) in [5, 5.41) is 5.81. The van der Waals surface area contributed by atoms with Gasteiger partial charge in [0.05, 0.1) is 6.61 Å². The van der Waals surface area contributed by atoms with Gasteiger partial charge in [0, 0.05) is 60.8 Å². The summed E-state index contributed by atoms with van der Waals surface area (Å²) in [7, 11) is 1.69. The summed E-state index contributed by atoms with van der Waals surface area (Å²) in [6, 6.07) is 6.19. The van der Waals surface area contributed by atoms with Gasteiger partial charge in [-0.3, -0.25) is 4.90 Å². The van der Waals surface area contributed by atoms with Crippen LogP contribution in [-0.4, -0.2) is 47.1 Å². The molecular weight excluding hydrogens is 379 g/mol. The van der Waals surface area contributed by atoms with Gasteiger partial charge in [0.15, 0.2) is 0 Å². The molecule has 1 aromatic carbocycles. The smallest absolute Gasteiger partial charge is 0.202 e. The summed E-state index contributed by atoms with van der Waals surface area (Å²) in [4.78, 5) is 6.96. The fourth-order valence-corrected chi connectivity index (χ4v) is 4.24. The molecule has 136 valence electrons. The standard InChI is InChI=1S/C17H22Cl2N4OS/c1-24-7-4-16-21-17(25-22-16)20-15-2-5-23(6-3-15)11-12-8-13(18)10-14(19)9-12/h8-10,15H,2-7,11H2,1H3,(H,20,21,22). The number of aromatic nitrogens is 2. The lowest BCUT2D eigenvalue weighted by Crippen LogP contribution is -2.38. The first-order chi connectivity index (χ1) is 12.1. The van der Waals surface area contributed by atoms with Gasteiger partial charge in [-0.1, -0.05) is 23.2 Å². The minimum Gasteiger partial charge on any atom is -0.384 e. The molecule has 0 bridgehead atoms. The van der Waals surface area contributed by atoms with E-state index in [1.165, 1.54) is 11.5 Å². The monoisotopic (exact) mass is 400 g/mol. The summed E-state index contributed by atoms with van der Waals surface area (Å²) in [6.07, 6.45) is 2.93. The Morgan fingerprint density at radius 1 is 1.24 bits per heavy atom. The molecule has 0 unspecified atom stereocenters. The van der Waals surface area contributed by atoms with Crippen LogP contribution in [0.25, 0.3) is 0 Å². The molecule has 25 heavy (non-hydrogen) atoms. The van der Waals surface area contributed by atoms with Crippen molar-refractivity contribution in [3.05, 3.63) is 39.6 Å². The Kier molecular flexibility index (Phi) is 6.90. The first-order valence-corrected chi connectivity index (χ1v) is 9.90. The maximum Gasteiger partial charge on any atom is 0.202 e. The van der Waals surface area contributed by atoms with Gasteiger partial charge in [-0.15, -0.1) is 0 Å². The third kappa shape index (κ3) is 5.79. The molecule has 8 heteroatoms. The average molecular weight is 401 g/mol. The number of methoxy groups -OCH3 is 1. The van der Waals surface area contributed by atoms with Crippen molar-refractivity contribution in [2.75, 3.05) is 32.1 Å². The maximum atomic E-state index is 6.08. The number of piperidine rings is 1. The average Bonchev–Trinajstić information content (AvgIpc) is 3.01. The molecule has 1 aromatic heterocycles. The molecule has 0 spiro atoms. The first-order valence-electron chi connectivity index (χ1n) is 8.38. The minimum absolute atomic E-state index is 0.447. The highest BCUT2D eigenvalue weighted by Crippen LogP contribution is 2.23. The number of likely N-dealkylation sites (tertiary alicyclic amines) is 1. The van der Waals surface area contributed by atoms with Gasteiger partial charge in [-0.25, -0.2) is 4.98 Å². The Bertz CT molecular complexity index is 669. The molecule has 1 fully saturated rings. The molecule has 3 rings (SSSR count). The van der Waals surface area contributed by atoms with Crippen molar-refractivity contribution in [2.24, 2.45) is 0 Å². The number of benzene rings is 1. The van der Waals surface area contributed by atoms with Crippen LogP contribution in [-0.2, 0) is 17.7 Å². The molecule has 0 radical (unpaired) electrons. The fourth-order valence-electron chi connectivity index (χ4n) is 2.98. The Balaban J connectivity index is 1.46. The van der Waals surface area contributed by atoms with Crippen molar-refractivity contribution >= 4 is 39.9 Å². The molecule has 0 aliphatic carbocycles. The number of halogens is 2. The van der Waals surface area contributed by atoms with Gasteiger partial charge in [-0.05, 0) is 36.6 Å². The van der Waals surface area contributed by atoms with E-state index in [4.69, 9.17) is 27.9 Å². The lowest BCUT2D eigenvalue weighted by Gasteiger charge is -2.32. The third-order valence-electron chi connectivity index (χ3n) is 4.24. The number of anilines is 1. The predicted molar refractivity (Wildman–Crippen MR) is 104 cm³/mol. The van der Waals surface area contributed by atoms with Crippen LogP contribution in [0.2, 0.25) is 10.0 Å². The zero-order valence-electron chi connectivity index (χ0n) is 14.2. The van der Waals surface area contributed by atoms with Crippen LogP contribution < -0.4 is 5.32 Å². The molecular formula is C17H22Cl2N4OS. The normalized spacial score (nSPS) is 16.3. The largest absolute Gasteiger partial charge is 0.384 e. The van der Waals surface area contributed by atoms with Crippen LogP contribution in [0.4, 0.5) is 5.13 Å². The highest BCUT2D eigenvalue weighted by Gasteiger charge is 2.20. The summed E-state index contributed by atoms with van der Waals surface area (Å²) in [5.74, 6) is 0.852. The second kappa shape index (κ2) is 9.14. The van der Waals surface area contributed by atoms with Crippen LogP contribution in [0, 0.1) is 0 Å². The van der Waals surface area contributed by atoms with Gasteiger partial charge in [-0.2, -0.15) is 4.37 Å². The molecule has 1 saturated heterocycles. The maximum absolute atomic E-state index is 6.08. The van der Waals surface area contributed by atoms with Gasteiger partial charge < -0.3 is 10.1 Å². The van der Waals surface area contributed by atoms with E-state index >= 15 is 0 Å². The molecule has 2 heterocycles. The lowest BCUT2D eigenvalue weighted by atomic mass is 10.0. The molecule has 1 N–H and O–H groups in total. The molecule has 0 atom stereocenters. The van der Waals surface area contributed by atoms with E-state index in [1.807, 2.05) is 12.1 Å². The van der Waals surface area contributed by atoms with E-state index in [1.54, 1.807) is 13.2 Å². The number of nitrogens with one attached hydrogen (secondary N) is 1. The third-order valence-corrected chi connectivity index (χ3v) is 5.36. The van der Waals surface area contributed by atoms with Gasteiger partial charge in [0.1, 0.15) is 5.82 Å². The van der Waals surface area contributed by atoms with Crippen molar-refractivity contribution in [1.29, 1.82) is 0 Å². The predicted octanol–water partition coefficient (Wildman–Crippen LogP) is 4.11. The molecule has 1 aliphatic heterocycles. The Hall–Kier alpha value is -0.920. The number of rotatable bonds is 7. The van der Waals surface area contributed by atoms with Gasteiger partial charge in [0.2, 0.25) is 5.13 Å². The molecule has 1 aliphatic rings. The number of ether oxygens (including phenoxy) is 1. The zero-order chi connectivity index (χ0) is 17.6. The van der Waals surface area contributed by atoms with Crippen LogP contribution in [0.15, 0.2) is 18.2 Å². The summed E-state index contributed by atoms with van der Waals surface area (Å²) < 4.78 is 9.42. The van der Waals surface area contributed by atoms with Gasteiger partial charge in [0.25, 0.3) is 0 Å². The topological polar surface area (TPSA) is 50.3 Å². The quantitative estimate of drug-likeness (QED) is 0.757. The summed E-state index contributed by atoms with van der Waals surface area (Å²) in [5.41, 5.74) is 1.16. The number of nitrogens with zero attached hydrogens (tertiary/aromatic N) is 3. The zero-order valence-corrected chi connectivity index (χ0v) is 16.5. The minimum atomic E-state index is 0.447. The second-order valence-electron chi connectivity index (χ2n) is 6.23. The molecule has 0 saturated carbocycles. The summed E-state index contributed by atoms with van der Waals surface area (Å²) >= 11 is 13.6. The van der Waals surface area contributed by atoms with E-state index < -0.39 is 0 Å². The van der Waals surface area contributed by atoms with E-state index in [9.17, 15) is 0 Å². The van der Waals surface area contributed by atoms with Crippen molar-refractivity contribution in [2.45, 2.75) is 31.8 Å². The Morgan fingerprint density at radius 2 is 1.96 bits per heavy atom. The van der Waals surface area contributed by atoms with Crippen molar-refractivity contribution in [3.63, 3.8) is 0 Å².